The van der Waals surface area contributed by atoms with Gasteiger partial charge in [0.2, 0.25) is 5.91 Å². The number of fused-ring (bicyclic) bond motifs is 1. The van der Waals surface area contributed by atoms with E-state index in [1.54, 1.807) is 0 Å². The molecule has 0 bridgehead atoms. The molecule has 3 rings (SSSR count). The Kier molecular flexibility index (Phi) is 4.56. The predicted molar refractivity (Wildman–Crippen MR) is 82.1 cm³/mol. The van der Waals surface area contributed by atoms with Gasteiger partial charge in [-0.05, 0) is 43.5 Å². The summed E-state index contributed by atoms with van der Waals surface area (Å²) in [6, 6.07) is 8.34. The molecule has 2 aliphatic rings. The molecule has 114 valence electrons. The molecule has 1 amide bonds. The SMILES string of the molecule is CNC[C@@H]1CCN(C(=O)C[C@@H]2OCCc3ccccc32)C1. The van der Waals surface area contributed by atoms with Crippen LogP contribution in [-0.4, -0.2) is 44.1 Å². The minimum atomic E-state index is -0.0641. The number of likely N-dealkylation sites (tertiary alicyclic amines) is 1. The van der Waals surface area contributed by atoms with Gasteiger partial charge < -0.3 is 15.0 Å². The van der Waals surface area contributed by atoms with E-state index in [9.17, 15) is 4.79 Å². The molecule has 0 saturated carbocycles. The first-order valence-electron chi connectivity index (χ1n) is 7.89. The molecule has 0 spiro atoms. The molecule has 2 heterocycles. The number of nitrogens with one attached hydrogen (secondary N) is 1. The highest BCUT2D eigenvalue weighted by Crippen LogP contribution is 2.30. The average Bonchev–Trinajstić information content (AvgIpc) is 2.97. The maximum Gasteiger partial charge on any atom is 0.225 e. The second-order valence-corrected chi connectivity index (χ2v) is 6.06. The van der Waals surface area contributed by atoms with E-state index in [0.717, 1.165) is 39.1 Å². The Labute approximate surface area is 126 Å². The minimum absolute atomic E-state index is 0.0641. The number of hydrogen-bond donors (Lipinski definition) is 1. The van der Waals surface area contributed by atoms with Crippen molar-refractivity contribution in [3.63, 3.8) is 0 Å². The Hall–Kier alpha value is -1.39. The number of rotatable bonds is 4. The Balaban J connectivity index is 1.61. The fraction of sp³-hybridized carbons (Fsp3) is 0.588. The number of carbonyl (C=O) groups is 1. The lowest BCUT2D eigenvalue weighted by molar-refractivity contribution is -0.133. The van der Waals surface area contributed by atoms with Crippen molar-refractivity contribution in [2.24, 2.45) is 5.92 Å². The zero-order valence-corrected chi connectivity index (χ0v) is 12.7. The molecule has 4 heteroatoms. The van der Waals surface area contributed by atoms with Crippen LogP contribution in [0.25, 0.3) is 0 Å². The van der Waals surface area contributed by atoms with Crippen molar-refractivity contribution in [2.45, 2.75) is 25.4 Å². The zero-order valence-electron chi connectivity index (χ0n) is 12.7. The van der Waals surface area contributed by atoms with Crippen molar-refractivity contribution in [3.8, 4) is 0 Å². The van der Waals surface area contributed by atoms with Crippen molar-refractivity contribution >= 4 is 5.91 Å². The van der Waals surface area contributed by atoms with Crippen LogP contribution in [0.3, 0.4) is 0 Å². The van der Waals surface area contributed by atoms with E-state index >= 15 is 0 Å². The van der Waals surface area contributed by atoms with Gasteiger partial charge in [0.1, 0.15) is 0 Å². The molecule has 1 N–H and O–H groups in total. The van der Waals surface area contributed by atoms with Crippen LogP contribution in [0, 0.1) is 5.92 Å². The number of ether oxygens (including phenoxy) is 1. The van der Waals surface area contributed by atoms with Crippen LogP contribution in [0.5, 0.6) is 0 Å². The van der Waals surface area contributed by atoms with Gasteiger partial charge in [0.25, 0.3) is 0 Å². The average molecular weight is 288 g/mol. The van der Waals surface area contributed by atoms with E-state index in [1.165, 1.54) is 11.1 Å². The summed E-state index contributed by atoms with van der Waals surface area (Å²) in [7, 11) is 1.97. The van der Waals surface area contributed by atoms with Gasteiger partial charge in [0.15, 0.2) is 0 Å². The Bertz CT molecular complexity index is 503. The van der Waals surface area contributed by atoms with Crippen molar-refractivity contribution < 1.29 is 9.53 Å². The van der Waals surface area contributed by atoms with E-state index in [0.29, 0.717) is 12.3 Å². The van der Waals surface area contributed by atoms with Crippen LogP contribution in [-0.2, 0) is 16.0 Å². The summed E-state index contributed by atoms with van der Waals surface area (Å²) in [6.07, 6.45) is 2.47. The van der Waals surface area contributed by atoms with E-state index in [-0.39, 0.29) is 12.0 Å². The molecule has 1 aromatic rings. The van der Waals surface area contributed by atoms with Gasteiger partial charge >= 0.3 is 0 Å². The number of carbonyl (C=O) groups excluding carboxylic acids is 1. The summed E-state index contributed by atoms with van der Waals surface area (Å²) in [5, 5.41) is 3.20. The molecule has 0 aliphatic carbocycles. The lowest BCUT2D eigenvalue weighted by Gasteiger charge is -2.27. The number of amides is 1. The minimum Gasteiger partial charge on any atom is -0.373 e. The van der Waals surface area contributed by atoms with Crippen LogP contribution < -0.4 is 5.32 Å². The smallest absolute Gasteiger partial charge is 0.225 e. The molecule has 1 saturated heterocycles. The van der Waals surface area contributed by atoms with Crippen molar-refractivity contribution in [3.05, 3.63) is 35.4 Å². The van der Waals surface area contributed by atoms with Crippen molar-refractivity contribution in [1.82, 2.24) is 10.2 Å². The monoisotopic (exact) mass is 288 g/mol. The highest BCUT2D eigenvalue weighted by Gasteiger charge is 2.29. The molecular weight excluding hydrogens is 264 g/mol. The highest BCUT2D eigenvalue weighted by molar-refractivity contribution is 5.77. The van der Waals surface area contributed by atoms with Crippen LogP contribution in [0.4, 0.5) is 0 Å². The molecule has 0 radical (unpaired) electrons. The molecule has 1 aromatic carbocycles. The molecule has 0 unspecified atom stereocenters. The van der Waals surface area contributed by atoms with Gasteiger partial charge in [-0.15, -0.1) is 0 Å². The number of benzene rings is 1. The predicted octanol–water partition coefficient (Wildman–Crippen LogP) is 1.76. The maximum absolute atomic E-state index is 12.5. The fourth-order valence-corrected chi connectivity index (χ4v) is 3.45. The molecule has 2 atom stereocenters. The third-order valence-electron chi connectivity index (χ3n) is 4.58. The van der Waals surface area contributed by atoms with Gasteiger partial charge in [-0.1, -0.05) is 24.3 Å². The third kappa shape index (κ3) is 3.27. The Morgan fingerprint density at radius 1 is 1.43 bits per heavy atom. The Morgan fingerprint density at radius 3 is 3.14 bits per heavy atom. The number of nitrogens with zero attached hydrogens (tertiary/aromatic N) is 1. The number of hydrogen-bond acceptors (Lipinski definition) is 3. The third-order valence-corrected chi connectivity index (χ3v) is 4.58. The van der Waals surface area contributed by atoms with Crippen molar-refractivity contribution in [2.75, 3.05) is 33.3 Å². The summed E-state index contributed by atoms with van der Waals surface area (Å²) >= 11 is 0. The van der Waals surface area contributed by atoms with Crippen LogP contribution >= 0.6 is 0 Å². The van der Waals surface area contributed by atoms with Crippen LogP contribution in [0.15, 0.2) is 24.3 Å². The lowest BCUT2D eigenvalue weighted by Crippen LogP contribution is -2.32. The van der Waals surface area contributed by atoms with Gasteiger partial charge in [0.05, 0.1) is 19.1 Å². The molecule has 1 fully saturated rings. The summed E-state index contributed by atoms with van der Waals surface area (Å²) in [6.45, 7) is 3.48. The first-order chi connectivity index (χ1) is 10.3. The van der Waals surface area contributed by atoms with Gasteiger partial charge in [-0.2, -0.15) is 0 Å². The zero-order chi connectivity index (χ0) is 14.7. The van der Waals surface area contributed by atoms with E-state index in [1.807, 2.05) is 18.0 Å². The van der Waals surface area contributed by atoms with Crippen LogP contribution in [0.2, 0.25) is 0 Å². The quantitative estimate of drug-likeness (QED) is 0.918. The summed E-state index contributed by atoms with van der Waals surface area (Å²) in [5.41, 5.74) is 2.53. The van der Waals surface area contributed by atoms with E-state index in [4.69, 9.17) is 4.74 Å². The van der Waals surface area contributed by atoms with Crippen molar-refractivity contribution in [1.29, 1.82) is 0 Å². The second kappa shape index (κ2) is 6.58. The van der Waals surface area contributed by atoms with Gasteiger partial charge in [0, 0.05) is 13.1 Å². The van der Waals surface area contributed by atoms with E-state index in [2.05, 4.69) is 23.5 Å². The second-order valence-electron chi connectivity index (χ2n) is 6.06. The first-order valence-corrected chi connectivity index (χ1v) is 7.89. The molecule has 21 heavy (non-hydrogen) atoms. The molecule has 0 aromatic heterocycles. The molecule has 2 aliphatic heterocycles. The lowest BCUT2D eigenvalue weighted by atomic mass is 9.95. The summed E-state index contributed by atoms with van der Waals surface area (Å²) in [4.78, 5) is 14.5. The summed E-state index contributed by atoms with van der Waals surface area (Å²) < 4.78 is 5.85. The van der Waals surface area contributed by atoms with Gasteiger partial charge in [-0.25, -0.2) is 0 Å². The molecule has 4 nitrogen and oxygen atoms in total. The maximum atomic E-state index is 12.5. The highest BCUT2D eigenvalue weighted by atomic mass is 16.5. The van der Waals surface area contributed by atoms with Gasteiger partial charge in [-0.3, -0.25) is 4.79 Å². The van der Waals surface area contributed by atoms with Crippen LogP contribution in [0.1, 0.15) is 30.1 Å². The van der Waals surface area contributed by atoms with E-state index < -0.39 is 0 Å². The molecular formula is C17H24N2O2. The first kappa shape index (κ1) is 14.5. The Morgan fingerprint density at radius 2 is 2.29 bits per heavy atom. The summed E-state index contributed by atoms with van der Waals surface area (Å²) in [5.74, 6) is 0.828. The standard InChI is InChI=1S/C17H24N2O2/c1-18-11-13-6-8-19(12-13)17(20)10-16-15-5-3-2-4-14(15)7-9-21-16/h2-5,13,16,18H,6-12H2,1H3/t13-,16-/m0/s1. The normalized spacial score (nSPS) is 24.9. The fourth-order valence-electron chi connectivity index (χ4n) is 3.45. The largest absolute Gasteiger partial charge is 0.373 e. The topological polar surface area (TPSA) is 41.6 Å².